The number of halogens is 1. The highest BCUT2D eigenvalue weighted by molar-refractivity contribution is 6.12. The second kappa shape index (κ2) is 7.52. The lowest BCUT2D eigenvalue weighted by molar-refractivity contribution is 0.102. The Kier molecular flexibility index (Phi) is 5.16. The number of aromatic nitrogens is 1. The number of aryl methyl sites for hydroxylation is 2. The summed E-state index contributed by atoms with van der Waals surface area (Å²) < 4.78 is 19.3. The molecule has 5 heteroatoms. The smallest absolute Gasteiger partial charge is 0.256 e. The van der Waals surface area contributed by atoms with Gasteiger partial charge in [-0.25, -0.2) is 4.39 Å². The van der Waals surface area contributed by atoms with E-state index in [1.54, 1.807) is 19.1 Å². The minimum atomic E-state index is -0.379. The molecule has 1 heterocycles. The Bertz CT molecular complexity index is 964. The molecule has 0 aliphatic heterocycles. The Labute approximate surface area is 152 Å². The van der Waals surface area contributed by atoms with Crippen LogP contribution in [0.2, 0.25) is 0 Å². The first-order valence-electron chi connectivity index (χ1n) is 8.59. The first-order valence-corrected chi connectivity index (χ1v) is 8.59. The molecule has 0 unspecified atom stereocenters. The van der Waals surface area contributed by atoms with Gasteiger partial charge in [-0.3, -0.25) is 9.78 Å². The summed E-state index contributed by atoms with van der Waals surface area (Å²) in [4.78, 5) is 17.2. The van der Waals surface area contributed by atoms with Crippen molar-refractivity contribution in [2.45, 2.75) is 27.2 Å². The van der Waals surface area contributed by atoms with Crippen molar-refractivity contribution < 1.29 is 13.9 Å². The highest BCUT2D eigenvalue weighted by atomic mass is 19.1. The number of benzene rings is 2. The Morgan fingerprint density at radius 3 is 2.73 bits per heavy atom. The Hall–Kier alpha value is -2.95. The van der Waals surface area contributed by atoms with Crippen LogP contribution in [-0.4, -0.2) is 17.5 Å². The van der Waals surface area contributed by atoms with Crippen molar-refractivity contribution in [3.05, 3.63) is 65.1 Å². The minimum Gasteiger partial charge on any atom is -0.491 e. The summed E-state index contributed by atoms with van der Waals surface area (Å²) in [5.41, 5.74) is 3.23. The number of fused-ring (bicyclic) bond motifs is 1. The Morgan fingerprint density at radius 1 is 1.15 bits per heavy atom. The third-order valence-corrected chi connectivity index (χ3v) is 3.99. The molecule has 0 fully saturated rings. The summed E-state index contributed by atoms with van der Waals surface area (Å²) in [6.07, 6.45) is 0.876. The van der Waals surface area contributed by atoms with Crippen LogP contribution < -0.4 is 10.1 Å². The highest BCUT2D eigenvalue weighted by Gasteiger charge is 2.15. The fourth-order valence-electron chi connectivity index (χ4n) is 2.78. The number of carbonyl (C=O) groups is 1. The molecule has 0 aliphatic carbocycles. The molecule has 0 atom stereocenters. The van der Waals surface area contributed by atoms with E-state index >= 15 is 0 Å². The van der Waals surface area contributed by atoms with Gasteiger partial charge in [0, 0.05) is 17.1 Å². The van der Waals surface area contributed by atoms with Gasteiger partial charge in [-0.15, -0.1) is 0 Å². The molecule has 0 bridgehead atoms. The summed E-state index contributed by atoms with van der Waals surface area (Å²) in [6.45, 7) is 6.35. The van der Waals surface area contributed by atoms with Gasteiger partial charge in [0.1, 0.15) is 11.6 Å². The van der Waals surface area contributed by atoms with Gasteiger partial charge in [0.2, 0.25) is 0 Å². The molecule has 0 radical (unpaired) electrons. The number of rotatable bonds is 5. The molecular weight excluding hydrogens is 331 g/mol. The summed E-state index contributed by atoms with van der Waals surface area (Å²) >= 11 is 0. The van der Waals surface area contributed by atoms with Crippen molar-refractivity contribution in [1.29, 1.82) is 0 Å². The molecule has 134 valence electrons. The van der Waals surface area contributed by atoms with Crippen LogP contribution in [0.1, 0.15) is 35.0 Å². The van der Waals surface area contributed by atoms with Crippen molar-refractivity contribution in [3.8, 4) is 5.75 Å². The number of hydrogen-bond donors (Lipinski definition) is 1. The van der Waals surface area contributed by atoms with Crippen LogP contribution in [0.15, 0.2) is 42.5 Å². The number of ether oxygens (including phenoxy) is 1. The zero-order chi connectivity index (χ0) is 18.7. The number of nitrogens with zero attached hydrogens (tertiary/aromatic N) is 1. The first kappa shape index (κ1) is 17.9. The lowest BCUT2D eigenvalue weighted by Crippen LogP contribution is -2.14. The van der Waals surface area contributed by atoms with E-state index in [9.17, 15) is 9.18 Å². The number of anilines is 1. The molecule has 3 aromatic rings. The molecule has 2 aromatic carbocycles. The summed E-state index contributed by atoms with van der Waals surface area (Å²) in [6, 6.07) is 11.6. The van der Waals surface area contributed by atoms with E-state index in [4.69, 9.17) is 4.74 Å². The number of nitrogens with one attached hydrogen (secondary N) is 1. The molecule has 0 saturated carbocycles. The Morgan fingerprint density at radius 2 is 1.96 bits per heavy atom. The second-order valence-corrected chi connectivity index (χ2v) is 6.27. The topological polar surface area (TPSA) is 51.2 Å². The van der Waals surface area contributed by atoms with Gasteiger partial charge in [0.25, 0.3) is 5.91 Å². The minimum absolute atomic E-state index is 0.280. The molecule has 26 heavy (non-hydrogen) atoms. The standard InChI is InChI=1S/C21H21FN2O2/c1-4-9-26-20-10-13(2)5-8-18(20)24-21(25)17-11-14(3)23-19-12-15(22)6-7-16(17)19/h5-8,10-12H,4,9H2,1-3H3,(H,24,25). The number of hydrogen-bond acceptors (Lipinski definition) is 3. The fourth-order valence-corrected chi connectivity index (χ4v) is 2.78. The van der Waals surface area contributed by atoms with E-state index in [1.165, 1.54) is 12.1 Å². The molecule has 0 saturated heterocycles. The van der Waals surface area contributed by atoms with E-state index in [0.29, 0.717) is 40.2 Å². The summed E-state index contributed by atoms with van der Waals surface area (Å²) in [7, 11) is 0. The maximum atomic E-state index is 13.5. The van der Waals surface area contributed by atoms with E-state index < -0.39 is 0 Å². The van der Waals surface area contributed by atoms with Crippen LogP contribution >= 0.6 is 0 Å². The van der Waals surface area contributed by atoms with Crippen molar-refractivity contribution >= 4 is 22.5 Å². The van der Waals surface area contributed by atoms with Crippen molar-refractivity contribution in [2.75, 3.05) is 11.9 Å². The average molecular weight is 352 g/mol. The third-order valence-electron chi connectivity index (χ3n) is 3.99. The van der Waals surface area contributed by atoms with Crippen LogP contribution in [0.5, 0.6) is 5.75 Å². The predicted octanol–water partition coefficient (Wildman–Crippen LogP) is 5.03. The van der Waals surface area contributed by atoms with Crippen LogP contribution in [-0.2, 0) is 0 Å². The van der Waals surface area contributed by atoms with Crippen molar-refractivity contribution in [1.82, 2.24) is 4.98 Å². The molecule has 1 aromatic heterocycles. The van der Waals surface area contributed by atoms with Gasteiger partial charge in [-0.05, 0) is 56.2 Å². The maximum absolute atomic E-state index is 13.5. The highest BCUT2D eigenvalue weighted by Crippen LogP contribution is 2.28. The summed E-state index contributed by atoms with van der Waals surface area (Å²) in [5.74, 6) is -0.0191. The van der Waals surface area contributed by atoms with E-state index in [1.807, 2.05) is 32.0 Å². The molecule has 1 amide bonds. The lowest BCUT2D eigenvalue weighted by Gasteiger charge is -2.14. The zero-order valence-electron chi connectivity index (χ0n) is 15.1. The molecule has 3 rings (SSSR count). The predicted molar refractivity (Wildman–Crippen MR) is 101 cm³/mol. The Balaban J connectivity index is 1.97. The van der Waals surface area contributed by atoms with Crippen LogP contribution in [0, 0.1) is 19.7 Å². The largest absolute Gasteiger partial charge is 0.491 e. The maximum Gasteiger partial charge on any atom is 0.256 e. The van der Waals surface area contributed by atoms with E-state index in [2.05, 4.69) is 10.3 Å². The van der Waals surface area contributed by atoms with E-state index in [0.717, 1.165) is 12.0 Å². The average Bonchev–Trinajstić information content (AvgIpc) is 2.60. The molecule has 0 aliphatic rings. The second-order valence-electron chi connectivity index (χ2n) is 6.27. The van der Waals surface area contributed by atoms with Gasteiger partial charge >= 0.3 is 0 Å². The molecular formula is C21H21FN2O2. The number of carbonyl (C=O) groups excluding carboxylic acids is 1. The van der Waals surface area contributed by atoms with Gasteiger partial charge in [-0.1, -0.05) is 13.0 Å². The van der Waals surface area contributed by atoms with Crippen LogP contribution in [0.3, 0.4) is 0 Å². The summed E-state index contributed by atoms with van der Waals surface area (Å²) in [5, 5.41) is 3.52. The van der Waals surface area contributed by atoms with Crippen LogP contribution in [0.4, 0.5) is 10.1 Å². The molecule has 0 spiro atoms. The zero-order valence-corrected chi connectivity index (χ0v) is 15.1. The van der Waals surface area contributed by atoms with Gasteiger partial charge in [-0.2, -0.15) is 0 Å². The third kappa shape index (κ3) is 3.82. The molecule has 4 nitrogen and oxygen atoms in total. The number of amides is 1. The quantitative estimate of drug-likeness (QED) is 0.700. The van der Waals surface area contributed by atoms with Gasteiger partial charge < -0.3 is 10.1 Å². The number of pyridine rings is 1. The monoisotopic (exact) mass is 352 g/mol. The SMILES string of the molecule is CCCOc1cc(C)ccc1NC(=O)c1cc(C)nc2cc(F)ccc12. The van der Waals surface area contributed by atoms with Gasteiger partial charge in [0.15, 0.2) is 0 Å². The van der Waals surface area contributed by atoms with Crippen molar-refractivity contribution in [3.63, 3.8) is 0 Å². The van der Waals surface area contributed by atoms with E-state index in [-0.39, 0.29) is 11.7 Å². The molecule has 1 N–H and O–H groups in total. The van der Waals surface area contributed by atoms with Gasteiger partial charge in [0.05, 0.1) is 23.4 Å². The normalized spacial score (nSPS) is 10.8. The first-order chi connectivity index (χ1) is 12.5. The van der Waals surface area contributed by atoms with Crippen LogP contribution in [0.25, 0.3) is 10.9 Å². The fraction of sp³-hybridized carbons (Fsp3) is 0.238. The lowest BCUT2D eigenvalue weighted by atomic mass is 10.1. The van der Waals surface area contributed by atoms with Crippen molar-refractivity contribution in [2.24, 2.45) is 0 Å².